The topological polar surface area (TPSA) is 87.6 Å². The molecule has 0 atom stereocenters. The molecule has 0 aliphatic carbocycles. The van der Waals surface area contributed by atoms with Crippen LogP contribution in [0.3, 0.4) is 0 Å². The maximum absolute atomic E-state index is 12.8. The van der Waals surface area contributed by atoms with E-state index in [1.165, 1.54) is 12.1 Å². The number of hydrogen-bond donors (Lipinski definition) is 2. The molecule has 0 aromatic heterocycles. The molecule has 1 aliphatic rings. The van der Waals surface area contributed by atoms with Crippen molar-refractivity contribution in [2.24, 2.45) is 4.99 Å². The first-order valence-corrected chi connectivity index (χ1v) is 10.5. The Morgan fingerprint density at radius 3 is 2.57 bits per heavy atom. The third kappa shape index (κ3) is 3.75. The molecule has 28 heavy (non-hydrogen) atoms. The van der Waals surface area contributed by atoms with Crippen molar-refractivity contribution < 1.29 is 13.2 Å². The number of amidine groups is 1. The number of fused-ring (bicyclic) bond motifs is 1. The van der Waals surface area contributed by atoms with Gasteiger partial charge in [0.05, 0.1) is 4.90 Å². The summed E-state index contributed by atoms with van der Waals surface area (Å²) in [5.74, 6) is 0.185. The minimum atomic E-state index is -3.73. The highest BCUT2D eigenvalue weighted by Gasteiger charge is 2.19. The molecule has 1 aliphatic heterocycles. The molecule has 0 saturated heterocycles. The minimum absolute atomic E-state index is 0.0813. The Balaban J connectivity index is 1.58. The predicted octanol–water partition coefficient (Wildman–Crippen LogP) is 3.56. The lowest BCUT2D eigenvalue weighted by Crippen LogP contribution is -2.29. The summed E-state index contributed by atoms with van der Waals surface area (Å²) >= 11 is 0. The molecule has 0 bridgehead atoms. The van der Waals surface area contributed by atoms with Crippen LogP contribution >= 0.6 is 0 Å². The van der Waals surface area contributed by atoms with Gasteiger partial charge in [-0.15, -0.1) is 0 Å². The lowest BCUT2D eigenvalue weighted by atomic mass is 10.0. The van der Waals surface area contributed by atoms with Gasteiger partial charge in [0.15, 0.2) is 0 Å². The second-order valence-corrected chi connectivity index (χ2v) is 8.23. The molecule has 0 unspecified atom stereocenters. The van der Waals surface area contributed by atoms with E-state index in [0.29, 0.717) is 30.1 Å². The van der Waals surface area contributed by atoms with Crippen LogP contribution in [-0.4, -0.2) is 26.7 Å². The molecule has 3 aromatic rings. The SMILES string of the molecule is O=C(Nc1cccc(S(=O)(=O)NC2=NCCC2)c1)c1cccc2ccccc12. The van der Waals surface area contributed by atoms with E-state index in [1.54, 1.807) is 18.2 Å². The van der Waals surface area contributed by atoms with Gasteiger partial charge in [0.25, 0.3) is 15.9 Å². The second kappa shape index (κ2) is 7.44. The number of amides is 1. The molecule has 142 valence electrons. The van der Waals surface area contributed by atoms with Crippen LogP contribution in [0.2, 0.25) is 0 Å². The van der Waals surface area contributed by atoms with E-state index in [2.05, 4.69) is 15.0 Å². The van der Waals surface area contributed by atoms with E-state index in [9.17, 15) is 13.2 Å². The third-order valence-electron chi connectivity index (χ3n) is 4.56. The van der Waals surface area contributed by atoms with E-state index in [1.807, 2.05) is 36.4 Å². The highest BCUT2D eigenvalue weighted by molar-refractivity contribution is 7.90. The van der Waals surface area contributed by atoms with Crippen molar-refractivity contribution in [3.8, 4) is 0 Å². The first-order chi connectivity index (χ1) is 13.5. The Kier molecular flexibility index (Phi) is 4.83. The summed E-state index contributed by atoms with van der Waals surface area (Å²) in [6, 6.07) is 19.3. The van der Waals surface area contributed by atoms with Gasteiger partial charge < -0.3 is 5.32 Å². The quantitative estimate of drug-likeness (QED) is 0.710. The van der Waals surface area contributed by atoms with E-state index in [4.69, 9.17) is 0 Å². The number of carbonyl (C=O) groups is 1. The molecule has 0 saturated carbocycles. The first kappa shape index (κ1) is 18.2. The molecule has 0 spiro atoms. The zero-order valence-corrected chi connectivity index (χ0v) is 15.9. The summed E-state index contributed by atoms with van der Waals surface area (Å²) in [7, 11) is -3.73. The molecule has 0 fully saturated rings. The van der Waals surface area contributed by atoms with Crippen LogP contribution in [0.25, 0.3) is 10.8 Å². The van der Waals surface area contributed by atoms with E-state index >= 15 is 0 Å². The molecule has 1 amide bonds. The molecule has 6 nitrogen and oxygen atoms in total. The molecular weight excluding hydrogens is 374 g/mol. The highest BCUT2D eigenvalue weighted by atomic mass is 32.2. The summed E-state index contributed by atoms with van der Waals surface area (Å²) in [5, 5.41) is 4.60. The zero-order valence-electron chi connectivity index (χ0n) is 15.1. The Morgan fingerprint density at radius 1 is 0.964 bits per heavy atom. The van der Waals surface area contributed by atoms with Crippen LogP contribution in [0.1, 0.15) is 23.2 Å². The Morgan fingerprint density at radius 2 is 1.75 bits per heavy atom. The average molecular weight is 393 g/mol. The van der Waals surface area contributed by atoms with Crippen LogP contribution in [0.4, 0.5) is 5.69 Å². The van der Waals surface area contributed by atoms with Gasteiger partial charge in [0.1, 0.15) is 5.84 Å². The molecule has 3 aromatic carbocycles. The van der Waals surface area contributed by atoms with Crippen molar-refractivity contribution in [3.05, 3.63) is 72.3 Å². The second-order valence-electron chi connectivity index (χ2n) is 6.55. The summed E-state index contributed by atoms with van der Waals surface area (Å²) in [4.78, 5) is 17.0. The van der Waals surface area contributed by atoms with Gasteiger partial charge in [-0.1, -0.05) is 42.5 Å². The highest BCUT2D eigenvalue weighted by Crippen LogP contribution is 2.21. The number of nitrogens with one attached hydrogen (secondary N) is 2. The predicted molar refractivity (Wildman–Crippen MR) is 110 cm³/mol. The van der Waals surface area contributed by atoms with Crippen molar-refractivity contribution in [2.75, 3.05) is 11.9 Å². The zero-order chi connectivity index (χ0) is 19.6. The number of nitrogens with zero attached hydrogens (tertiary/aromatic N) is 1. The standard InChI is InChI=1S/C21H19N3O3S/c25-21(19-11-3-7-15-6-1-2-10-18(15)19)23-16-8-4-9-17(14-16)28(26,27)24-20-12-5-13-22-20/h1-4,6-11,14H,5,12-13H2,(H,22,24)(H,23,25). The van der Waals surface area contributed by atoms with E-state index in [0.717, 1.165) is 17.2 Å². The van der Waals surface area contributed by atoms with Crippen LogP contribution in [-0.2, 0) is 10.0 Å². The molecule has 0 radical (unpaired) electrons. The summed E-state index contributed by atoms with van der Waals surface area (Å²) in [6.07, 6.45) is 1.47. The van der Waals surface area contributed by atoms with Crippen molar-refractivity contribution >= 4 is 38.2 Å². The fourth-order valence-corrected chi connectivity index (χ4v) is 4.33. The minimum Gasteiger partial charge on any atom is -0.322 e. The van der Waals surface area contributed by atoms with Gasteiger partial charge in [-0.2, -0.15) is 0 Å². The van der Waals surface area contributed by atoms with Gasteiger partial charge in [-0.05, 0) is 41.5 Å². The number of sulfonamides is 1. The fourth-order valence-electron chi connectivity index (χ4n) is 3.20. The van der Waals surface area contributed by atoms with Gasteiger partial charge in [-0.3, -0.25) is 14.5 Å². The smallest absolute Gasteiger partial charge is 0.262 e. The van der Waals surface area contributed by atoms with E-state index in [-0.39, 0.29) is 10.8 Å². The van der Waals surface area contributed by atoms with E-state index < -0.39 is 10.0 Å². The summed E-state index contributed by atoms with van der Waals surface area (Å²) in [5.41, 5.74) is 0.943. The lowest BCUT2D eigenvalue weighted by molar-refractivity contribution is 0.102. The normalized spacial score (nSPS) is 13.9. The van der Waals surface area contributed by atoms with Crippen molar-refractivity contribution in [2.45, 2.75) is 17.7 Å². The van der Waals surface area contributed by atoms with Crippen LogP contribution in [0, 0.1) is 0 Å². The summed E-state index contributed by atoms with van der Waals surface area (Å²) in [6.45, 7) is 0.638. The van der Waals surface area contributed by atoms with Gasteiger partial charge in [0.2, 0.25) is 0 Å². The average Bonchev–Trinajstić information content (AvgIpc) is 3.20. The van der Waals surface area contributed by atoms with Crippen LogP contribution < -0.4 is 10.0 Å². The number of anilines is 1. The molecule has 7 heteroatoms. The lowest BCUT2D eigenvalue weighted by Gasteiger charge is -2.11. The van der Waals surface area contributed by atoms with Crippen molar-refractivity contribution in [3.63, 3.8) is 0 Å². The Bertz CT molecular complexity index is 1180. The first-order valence-electron chi connectivity index (χ1n) is 8.98. The Hall–Kier alpha value is -3.19. The van der Waals surface area contributed by atoms with Gasteiger partial charge in [0, 0.05) is 24.2 Å². The van der Waals surface area contributed by atoms with Crippen molar-refractivity contribution in [1.29, 1.82) is 0 Å². The monoisotopic (exact) mass is 393 g/mol. The third-order valence-corrected chi connectivity index (χ3v) is 5.94. The fraction of sp³-hybridized carbons (Fsp3) is 0.143. The summed E-state index contributed by atoms with van der Waals surface area (Å²) < 4.78 is 27.7. The van der Waals surface area contributed by atoms with Gasteiger partial charge >= 0.3 is 0 Å². The Labute approximate surface area is 163 Å². The van der Waals surface area contributed by atoms with Crippen LogP contribution in [0.15, 0.2) is 76.6 Å². The number of rotatable bonds is 4. The molecular formula is C21H19N3O3S. The molecule has 2 N–H and O–H groups in total. The number of benzene rings is 3. The number of carbonyl (C=O) groups excluding carboxylic acids is 1. The van der Waals surface area contributed by atoms with Crippen LogP contribution in [0.5, 0.6) is 0 Å². The van der Waals surface area contributed by atoms with Crippen molar-refractivity contribution in [1.82, 2.24) is 4.72 Å². The molecule has 1 heterocycles. The molecule has 4 rings (SSSR count). The maximum atomic E-state index is 12.8. The maximum Gasteiger partial charge on any atom is 0.262 e. The number of hydrogen-bond acceptors (Lipinski definition) is 4. The number of aliphatic imine (C=N–C) groups is 1. The van der Waals surface area contributed by atoms with Gasteiger partial charge in [-0.25, -0.2) is 8.42 Å². The largest absolute Gasteiger partial charge is 0.322 e.